The van der Waals surface area contributed by atoms with Gasteiger partial charge in [0, 0.05) is 18.0 Å². The molecule has 0 aliphatic carbocycles. The average molecular weight is 366 g/mol. The minimum atomic E-state index is -0.853. The number of aromatic nitrogens is 5. The molecule has 0 radical (unpaired) electrons. The molecule has 0 fully saturated rings. The Morgan fingerprint density at radius 2 is 1.96 bits per heavy atom. The van der Waals surface area contributed by atoms with Gasteiger partial charge in [-0.25, -0.2) is 0 Å². The molecule has 3 rings (SSSR count). The Bertz CT molecular complexity index is 792. The van der Waals surface area contributed by atoms with Crippen LogP contribution < -0.4 is 4.74 Å². The van der Waals surface area contributed by atoms with Crippen LogP contribution in [0.25, 0.3) is 11.4 Å². The molecule has 7 nitrogen and oxygen atoms in total. The molecular weight excluding hydrogens is 353 g/mol. The van der Waals surface area contributed by atoms with E-state index in [9.17, 15) is 5.11 Å². The van der Waals surface area contributed by atoms with Crippen LogP contribution in [0.4, 0.5) is 0 Å². The van der Waals surface area contributed by atoms with Gasteiger partial charge in [-0.05, 0) is 29.5 Å². The van der Waals surface area contributed by atoms with E-state index in [-0.39, 0.29) is 13.2 Å². The van der Waals surface area contributed by atoms with E-state index in [2.05, 4.69) is 20.4 Å². The van der Waals surface area contributed by atoms with Gasteiger partial charge in [0.05, 0.1) is 16.6 Å². The summed E-state index contributed by atoms with van der Waals surface area (Å²) in [5.74, 6) is 0.771. The Hall–Kier alpha value is -2.22. The van der Waals surface area contributed by atoms with Gasteiger partial charge in [0.25, 0.3) is 0 Å². The summed E-state index contributed by atoms with van der Waals surface area (Å²) in [6, 6.07) is 8.65. The first kappa shape index (κ1) is 16.6. The Morgan fingerprint density at radius 1 is 1.17 bits per heavy atom. The Morgan fingerprint density at radius 3 is 2.67 bits per heavy atom. The third kappa shape index (κ3) is 4.00. The summed E-state index contributed by atoms with van der Waals surface area (Å²) in [6.45, 7) is 0.114. The summed E-state index contributed by atoms with van der Waals surface area (Å²) in [5.41, 5.74) is 0.748. The van der Waals surface area contributed by atoms with Crippen molar-refractivity contribution in [3.05, 3.63) is 52.8 Å². The van der Waals surface area contributed by atoms with Crippen molar-refractivity contribution in [2.75, 3.05) is 6.61 Å². The van der Waals surface area contributed by atoms with Crippen LogP contribution in [0.5, 0.6) is 5.75 Å². The van der Waals surface area contributed by atoms with Crippen molar-refractivity contribution in [2.45, 2.75) is 12.6 Å². The van der Waals surface area contributed by atoms with Gasteiger partial charge in [0.15, 0.2) is 5.75 Å². The van der Waals surface area contributed by atoms with Gasteiger partial charge in [0.2, 0.25) is 5.82 Å². The molecule has 1 unspecified atom stereocenters. The first-order valence-corrected chi connectivity index (χ1v) is 7.82. The van der Waals surface area contributed by atoms with Crippen molar-refractivity contribution < 1.29 is 9.84 Å². The van der Waals surface area contributed by atoms with E-state index < -0.39 is 6.10 Å². The van der Waals surface area contributed by atoms with E-state index in [1.165, 1.54) is 4.80 Å². The number of nitrogens with zero attached hydrogens (tertiary/aromatic N) is 5. The molecule has 3 aromatic rings. The largest absolute Gasteiger partial charge is 0.488 e. The van der Waals surface area contributed by atoms with E-state index in [1.54, 1.807) is 36.7 Å². The van der Waals surface area contributed by atoms with Crippen LogP contribution in [0.2, 0.25) is 10.0 Å². The van der Waals surface area contributed by atoms with Crippen LogP contribution in [0.1, 0.15) is 0 Å². The second kappa shape index (κ2) is 7.57. The van der Waals surface area contributed by atoms with Gasteiger partial charge < -0.3 is 9.84 Å². The second-order valence-corrected chi connectivity index (χ2v) is 5.74. The lowest BCUT2D eigenvalue weighted by atomic mass is 10.3. The number of tetrazole rings is 1. The monoisotopic (exact) mass is 365 g/mol. The zero-order chi connectivity index (χ0) is 16.9. The zero-order valence-corrected chi connectivity index (χ0v) is 13.9. The number of aliphatic hydroxyl groups excluding tert-OH is 1. The zero-order valence-electron chi connectivity index (χ0n) is 12.4. The van der Waals surface area contributed by atoms with Gasteiger partial charge in [0.1, 0.15) is 12.7 Å². The smallest absolute Gasteiger partial charge is 0.206 e. The molecule has 0 amide bonds. The molecule has 1 N–H and O–H groups in total. The maximum absolute atomic E-state index is 10.1. The number of pyridine rings is 1. The Labute approximate surface area is 147 Å². The molecule has 9 heteroatoms. The maximum atomic E-state index is 10.1. The van der Waals surface area contributed by atoms with Crippen molar-refractivity contribution in [2.24, 2.45) is 0 Å². The molecule has 1 aromatic carbocycles. The molecule has 0 aliphatic heterocycles. The van der Waals surface area contributed by atoms with Crippen molar-refractivity contribution in [3.8, 4) is 17.1 Å². The predicted octanol–water partition coefficient (Wildman–Crippen LogP) is 2.48. The summed E-state index contributed by atoms with van der Waals surface area (Å²) in [5, 5.41) is 22.9. The molecule has 2 aromatic heterocycles. The fourth-order valence-corrected chi connectivity index (χ4v) is 2.48. The molecule has 0 saturated heterocycles. The molecule has 2 heterocycles. The summed E-state index contributed by atoms with van der Waals surface area (Å²) < 4.78 is 5.48. The highest BCUT2D eigenvalue weighted by molar-refractivity contribution is 6.37. The van der Waals surface area contributed by atoms with E-state index in [0.29, 0.717) is 21.6 Å². The topological polar surface area (TPSA) is 86.0 Å². The number of benzene rings is 1. The van der Waals surface area contributed by atoms with Crippen molar-refractivity contribution in [1.29, 1.82) is 0 Å². The molecule has 0 bridgehead atoms. The Kier molecular flexibility index (Phi) is 5.24. The van der Waals surface area contributed by atoms with Crippen molar-refractivity contribution in [1.82, 2.24) is 25.2 Å². The van der Waals surface area contributed by atoms with Crippen LogP contribution in [0, 0.1) is 0 Å². The summed E-state index contributed by atoms with van der Waals surface area (Å²) in [6.07, 6.45) is 2.45. The minimum absolute atomic E-state index is 0.00673. The van der Waals surface area contributed by atoms with Crippen LogP contribution in [-0.2, 0) is 6.54 Å². The van der Waals surface area contributed by atoms with Crippen LogP contribution in [0.3, 0.4) is 0 Å². The van der Waals surface area contributed by atoms with Crippen molar-refractivity contribution in [3.63, 3.8) is 0 Å². The highest BCUT2D eigenvalue weighted by Crippen LogP contribution is 2.32. The van der Waals surface area contributed by atoms with Crippen LogP contribution in [-0.4, -0.2) is 43.0 Å². The summed E-state index contributed by atoms with van der Waals surface area (Å²) in [4.78, 5) is 5.30. The van der Waals surface area contributed by atoms with E-state index >= 15 is 0 Å². The lowest BCUT2D eigenvalue weighted by Gasteiger charge is -2.13. The minimum Gasteiger partial charge on any atom is -0.488 e. The predicted molar refractivity (Wildman–Crippen MR) is 89.0 cm³/mol. The standard InChI is InChI=1S/C15H13Cl2N5O2/c16-12-4-1-5-13(17)14(12)24-9-11(23)8-22-20-15(19-21-22)10-3-2-6-18-7-10/h1-7,11,23H,8-9H2. The fourth-order valence-electron chi connectivity index (χ4n) is 1.97. The number of para-hydroxylation sites is 1. The van der Waals surface area contributed by atoms with Crippen molar-refractivity contribution >= 4 is 23.2 Å². The fraction of sp³-hybridized carbons (Fsp3) is 0.200. The van der Waals surface area contributed by atoms with Crippen LogP contribution >= 0.6 is 23.2 Å². The summed E-state index contributed by atoms with van der Waals surface area (Å²) >= 11 is 12.0. The van der Waals surface area contributed by atoms with E-state index in [1.807, 2.05) is 6.07 Å². The van der Waals surface area contributed by atoms with Gasteiger partial charge in [-0.15, -0.1) is 10.2 Å². The van der Waals surface area contributed by atoms with Gasteiger partial charge >= 0.3 is 0 Å². The molecule has 0 aliphatic rings. The molecule has 24 heavy (non-hydrogen) atoms. The quantitative estimate of drug-likeness (QED) is 0.721. The van der Waals surface area contributed by atoms with Gasteiger partial charge in [-0.3, -0.25) is 4.98 Å². The second-order valence-electron chi connectivity index (χ2n) is 4.93. The SMILES string of the molecule is OC(COc1c(Cl)cccc1Cl)Cn1nnc(-c2cccnc2)n1. The first-order valence-electron chi connectivity index (χ1n) is 7.06. The van der Waals surface area contributed by atoms with Gasteiger partial charge in [-0.1, -0.05) is 29.3 Å². The van der Waals surface area contributed by atoms with E-state index in [4.69, 9.17) is 27.9 Å². The number of aliphatic hydroxyl groups is 1. The van der Waals surface area contributed by atoms with Gasteiger partial charge in [-0.2, -0.15) is 4.80 Å². The van der Waals surface area contributed by atoms with Crippen LogP contribution in [0.15, 0.2) is 42.7 Å². The average Bonchev–Trinajstić information content (AvgIpc) is 3.03. The normalized spacial score (nSPS) is 12.1. The highest BCUT2D eigenvalue weighted by atomic mass is 35.5. The number of halogens is 2. The summed E-state index contributed by atoms with van der Waals surface area (Å²) in [7, 11) is 0. The number of ether oxygens (including phenoxy) is 1. The molecule has 0 spiro atoms. The number of hydrogen-bond donors (Lipinski definition) is 1. The lowest BCUT2D eigenvalue weighted by molar-refractivity contribution is 0.0851. The molecule has 124 valence electrons. The van der Waals surface area contributed by atoms with E-state index in [0.717, 1.165) is 5.56 Å². The third-order valence-electron chi connectivity index (χ3n) is 3.09. The molecular formula is C15H13Cl2N5O2. The number of rotatable bonds is 6. The maximum Gasteiger partial charge on any atom is 0.206 e. The first-order chi connectivity index (χ1) is 11.6. The Balaban J connectivity index is 1.59. The molecule has 0 saturated carbocycles. The third-order valence-corrected chi connectivity index (χ3v) is 3.68. The lowest BCUT2D eigenvalue weighted by Crippen LogP contribution is -2.25. The highest BCUT2D eigenvalue weighted by Gasteiger charge is 2.13. The molecule has 1 atom stereocenters. The number of hydrogen-bond acceptors (Lipinski definition) is 6.